The Balaban J connectivity index is 2.37. The molecule has 0 N–H and O–H groups in total. The number of hydrogen-bond donors (Lipinski definition) is 0. The maximum Gasteiger partial charge on any atom is 0.229 e. The van der Waals surface area contributed by atoms with Crippen molar-refractivity contribution in [1.29, 1.82) is 0 Å². The summed E-state index contributed by atoms with van der Waals surface area (Å²) < 4.78 is 11.1. The van der Waals surface area contributed by atoms with Crippen molar-refractivity contribution < 1.29 is 13.9 Å². The molecule has 0 aliphatic heterocycles. The molecule has 0 unspecified atom stereocenters. The van der Waals surface area contributed by atoms with Crippen LogP contribution in [-0.4, -0.2) is 12.9 Å². The third-order valence-corrected chi connectivity index (χ3v) is 3.04. The molecule has 17 heavy (non-hydrogen) atoms. The van der Waals surface area contributed by atoms with Crippen LogP contribution in [0.15, 0.2) is 39.2 Å². The van der Waals surface area contributed by atoms with Crippen LogP contribution < -0.4 is 4.74 Å². The molecule has 0 spiro atoms. The molecular weight excluding hydrogens is 284 g/mol. The van der Waals surface area contributed by atoms with Crippen molar-refractivity contribution >= 4 is 21.7 Å². The zero-order chi connectivity index (χ0) is 12.4. The van der Waals surface area contributed by atoms with Crippen LogP contribution in [0.3, 0.4) is 0 Å². The number of carbonyl (C=O) groups excluding carboxylic acids is 1. The van der Waals surface area contributed by atoms with Gasteiger partial charge in [0.25, 0.3) is 0 Å². The molecule has 1 heterocycles. The molecule has 4 heteroatoms. The Hall–Kier alpha value is -1.55. The molecule has 88 valence electrons. The number of ketones is 1. The van der Waals surface area contributed by atoms with Crippen molar-refractivity contribution in [3.8, 4) is 5.75 Å². The molecule has 2 aromatic rings. The van der Waals surface area contributed by atoms with E-state index in [0.717, 1.165) is 5.76 Å². The minimum atomic E-state index is -0.146. The molecule has 0 amide bonds. The second kappa shape index (κ2) is 4.75. The van der Waals surface area contributed by atoms with Gasteiger partial charge >= 0.3 is 0 Å². The Morgan fingerprint density at radius 2 is 2.06 bits per heavy atom. The number of methoxy groups -OCH3 is 1. The predicted octanol–water partition coefficient (Wildman–Crippen LogP) is 3.59. The molecular formula is C13H11BrO3. The number of rotatable bonds is 3. The van der Waals surface area contributed by atoms with Crippen molar-refractivity contribution in [3.63, 3.8) is 0 Å². The van der Waals surface area contributed by atoms with Crippen LogP contribution in [0.1, 0.15) is 21.9 Å². The van der Waals surface area contributed by atoms with Crippen LogP contribution in [-0.2, 0) is 0 Å². The van der Waals surface area contributed by atoms with E-state index >= 15 is 0 Å². The lowest BCUT2D eigenvalue weighted by Gasteiger charge is -2.04. The summed E-state index contributed by atoms with van der Waals surface area (Å²) in [5.74, 6) is 1.61. The molecule has 0 bridgehead atoms. The zero-order valence-electron chi connectivity index (χ0n) is 9.49. The minimum absolute atomic E-state index is 0.146. The standard InChI is InChI=1S/C13H11BrO3/c1-8-3-6-12(17-8)13(15)10-5-4-9(16-2)7-11(10)14/h3-7H,1-2H3. The van der Waals surface area contributed by atoms with E-state index in [4.69, 9.17) is 9.15 Å². The van der Waals surface area contributed by atoms with Crippen LogP contribution in [0, 0.1) is 6.92 Å². The Morgan fingerprint density at radius 3 is 2.59 bits per heavy atom. The van der Waals surface area contributed by atoms with E-state index in [1.807, 2.05) is 0 Å². The third kappa shape index (κ3) is 2.42. The predicted molar refractivity (Wildman–Crippen MR) is 67.6 cm³/mol. The Kier molecular flexibility index (Phi) is 3.33. The van der Waals surface area contributed by atoms with Gasteiger partial charge in [0.15, 0.2) is 5.76 Å². The summed E-state index contributed by atoms with van der Waals surface area (Å²) in [6.07, 6.45) is 0. The van der Waals surface area contributed by atoms with Gasteiger partial charge in [-0.25, -0.2) is 0 Å². The second-order valence-corrected chi connectivity index (χ2v) is 4.44. The van der Waals surface area contributed by atoms with Crippen LogP contribution >= 0.6 is 15.9 Å². The van der Waals surface area contributed by atoms with Gasteiger partial charge in [-0.2, -0.15) is 0 Å². The molecule has 0 aliphatic rings. The second-order valence-electron chi connectivity index (χ2n) is 3.59. The van der Waals surface area contributed by atoms with Crippen molar-refractivity contribution in [2.45, 2.75) is 6.92 Å². The Morgan fingerprint density at radius 1 is 1.29 bits per heavy atom. The number of halogens is 1. The summed E-state index contributed by atoms with van der Waals surface area (Å²) in [6.45, 7) is 1.81. The molecule has 0 saturated heterocycles. The highest BCUT2D eigenvalue weighted by Crippen LogP contribution is 2.25. The highest BCUT2D eigenvalue weighted by molar-refractivity contribution is 9.10. The summed E-state index contributed by atoms with van der Waals surface area (Å²) in [4.78, 5) is 12.1. The molecule has 1 aromatic carbocycles. The van der Waals surface area contributed by atoms with Gasteiger partial charge < -0.3 is 9.15 Å². The average molecular weight is 295 g/mol. The lowest BCUT2D eigenvalue weighted by molar-refractivity contribution is 0.101. The summed E-state index contributed by atoms with van der Waals surface area (Å²) >= 11 is 3.35. The van der Waals surface area contributed by atoms with Gasteiger partial charge in [-0.1, -0.05) is 0 Å². The molecule has 0 aliphatic carbocycles. The number of carbonyl (C=O) groups is 1. The van der Waals surface area contributed by atoms with Crippen molar-refractivity contribution in [2.24, 2.45) is 0 Å². The summed E-state index contributed by atoms with van der Waals surface area (Å²) in [5, 5.41) is 0. The molecule has 3 nitrogen and oxygen atoms in total. The number of aryl methyl sites for hydroxylation is 1. The smallest absolute Gasteiger partial charge is 0.229 e. The summed E-state index contributed by atoms with van der Waals surface area (Å²) in [6, 6.07) is 8.65. The van der Waals surface area contributed by atoms with E-state index in [-0.39, 0.29) is 5.78 Å². The molecule has 2 rings (SSSR count). The van der Waals surface area contributed by atoms with Gasteiger partial charge in [-0.3, -0.25) is 4.79 Å². The van der Waals surface area contributed by atoms with Crippen LogP contribution in [0.25, 0.3) is 0 Å². The maximum atomic E-state index is 12.1. The van der Waals surface area contributed by atoms with Crippen LogP contribution in [0.2, 0.25) is 0 Å². The van der Waals surface area contributed by atoms with Gasteiger partial charge in [0.1, 0.15) is 11.5 Å². The molecule has 0 atom stereocenters. The van der Waals surface area contributed by atoms with E-state index < -0.39 is 0 Å². The van der Waals surface area contributed by atoms with Crippen LogP contribution in [0.5, 0.6) is 5.75 Å². The number of hydrogen-bond acceptors (Lipinski definition) is 3. The first kappa shape index (κ1) is 11.9. The zero-order valence-corrected chi connectivity index (χ0v) is 11.1. The normalized spacial score (nSPS) is 10.3. The number of furan rings is 1. The van der Waals surface area contributed by atoms with E-state index in [0.29, 0.717) is 21.5 Å². The van der Waals surface area contributed by atoms with Gasteiger partial charge in [0.2, 0.25) is 5.78 Å². The molecule has 0 radical (unpaired) electrons. The van der Waals surface area contributed by atoms with Gasteiger partial charge in [0, 0.05) is 10.0 Å². The van der Waals surface area contributed by atoms with Crippen molar-refractivity contribution in [1.82, 2.24) is 0 Å². The maximum absolute atomic E-state index is 12.1. The Labute approximate surface area is 108 Å². The molecule has 1 aromatic heterocycles. The Bertz CT molecular complexity index is 558. The van der Waals surface area contributed by atoms with Gasteiger partial charge in [0.05, 0.1) is 7.11 Å². The summed E-state index contributed by atoms with van der Waals surface area (Å²) in [7, 11) is 1.58. The van der Waals surface area contributed by atoms with Crippen molar-refractivity contribution in [2.75, 3.05) is 7.11 Å². The first-order chi connectivity index (χ1) is 8.11. The quantitative estimate of drug-likeness (QED) is 0.812. The highest BCUT2D eigenvalue weighted by Gasteiger charge is 2.16. The number of ether oxygens (including phenoxy) is 1. The highest BCUT2D eigenvalue weighted by atomic mass is 79.9. The SMILES string of the molecule is COc1ccc(C(=O)c2ccc(C)o2)c(Br)c1. The van der Waals surface area contributed by atoms with E-state index in [1.165, 1.54) is 0 Å². The van der Waals surface area contributed by atoms with E-state index in [1.54, 1.807) is 44.4 Å². The lowest BCUT2D eigenvalue weighted by Crippen LogP contribution is -2.01. The van der Waals surface area contributed by atoms with E-state index in [9.17, 15) is 4.79 Å². The van der Waals surface area contributed by atoms with Crippen LogP contribution in [0.4, 0.5) is 0 Å². The fourth-order valence-electron chi connectivity index (χ4n) is 1.50. The van der Waals surface area contributed by atoms with Crippen molar-refractivity contribution in [3.05, 3.63) is 51.9 Å². The summed E-state index contributed by atoms with van der Waals surface area (Å²) in [5.41, 5.74) is 0.556. The minimum Gasteiger partial charge on any atom is -0.497 e. The van der Waals surface area contributed by atoms with Gasteiger partial charge in [-0.05, 0) is 53.2 Å². The fourth-order valence-corrected chi connectivity index (χ4v) is 2.03. The van der Waals surface area contributed by atoms with Gasteiger partial charge in [-0.15, -0.1) is 0 Å². The topological polar surface area (TPSA) is 39.4 Å². The third-order valence-electron chi connectivity index (χ3n) is 2.39. The average Bonchev–Trinajstić information content (AvgIpc) is 2.75. The molecule has 0 saturated carbocycles. The first-order valence-electron chi connectivity index (χ1n) is 5.06. The monoisotopic (exact) mass is 294 g/mol. The van der Waals surface area contributed by atoms with E-state index in [2.05, 4.69) is 15.9 Å². The number of benzene rings is 1. The lowest BCUT2D eigenvalue weighted by atomic mass is 10.1. The first-order valence-corrected chi connectivity index (χ1v) is 5.86. The largest absolute Gasteiger partial charge is 0.497 e. The fraction of sp³-hybridized carbons (Fsp3) is 0.154. The molecule has 0 fully saturated rings.